The van der Waals surface area contributed by atoms with E-state index in [2.05, 4.69) is 5.32 Å². The molecular weight excluding hydrogens is 328 g/mol. The molecule has 0 bridgehead atoms. The molecule has 0 aromatic heterocycles. The Bertz CT molecular complexity index is 799. The number of ether oxygens (including phenoxy) is 1. The molecule has 2 amide bonds. The molecule has 1 atom stereocenters. The first kappa shape index (κ1) is 18.0. The van der Waals surface area contributed by atoms with Gasteiger partial charge in [-0.05, 0) is 48.2 Å². The summed E-state index contributed by atoms with van der Waals surface area (Å²) in [6, 6.07) is 14.2. The van der Waals surface area contributed by atoms with Crippen molar-refractivity contribution in [3.63, 3.8) is 0 Å². The Kier molecular flexibility index (Phi) is 5.26. The van der Waals surface area contributed by atoms with Gasteiger partial charge in [-0.2, -0.15) is 0 Å². The average molecular weight is 352 g/mol. The van der Waals surface area contributed by atoms with Gasteiger partial charge < -0.3 is 15.0 Å². The first-order valence-corrected chi connectivity index (χ1v) is 8.85. The van der Waals surface area contributed by atoms with Crippen LogP contribution in [0, 0.1) is 5.92 Å². The molecule has 0 saturated heterocycles. The number of hydrogen-bond donors (Lipinski definition) is 1. The standard InChI is InChI=1S/C21H24N2O3/c1-14(2)19(22-20(24)16-8-10-17(26-3)11-9-16)21(25)23-13-12-15-6-4-5-7-18(15)23/h4-11,14,19H,12-13H2,1-3H3,(H,22,24)/t19-/m0/s1. The van der Waals surface area contributed by atoms with Crippen LogP contribution in [0.3, 0.4) is 0 Å². The van der Waals surface area contributed by atoms with Crippen molar-refractivity contribution in [1.29, 1.82) is 0 Å². The van der Waals surface area contributed by atoms with Crippen LogP contribution in [0.25, 0.3) is 0 Å². The number of hydrogen-bond acceptors (Lipinski definition) is 3. The van der Waals surface area contributed by atoms with Crippen molar-refractivity contribution in [3.8, 4) is 5.75 Å². The topological polar surface area (TPSA) is 58.6 Å². The highest BCUT2D eigenvalue weighted by molar-refractivity contribution is 6.03. The number of rotatable bonds is 5. The highest BCUT2D eigenvalue weighted by Crippen LogP contribution is 2.28. The number of amides is 2. The molecule has 5 heteroatoms. The minimum absolute atomic E-state index is 0.0162. The van der Waals surface area contributed by atoms with Crippen LogP contribution >= 0.6 is 0 Å². The Morgan fingerprint density at radius 3 is 2.42 bits per heavy atom. The van der Waals surface area contributed by atoms with Gasteiger partial charge in [-0.1, -0.05) is 32.0 Å². The molecule has 0 unspecified atom stereocenters. The normalized spacial score (nSPS) is 14.1. The number of carbonyl (C=O) groups is 2. The molecule has 2 aromatic carbocycles. The lowest BCUT2D eigenvalue weighted by molar-refractivity contribution is -0.121. The van der Waals surface area contributed by atoms with Crippen molar-refractivity contribution in [1.82, 2.24) is 5.32 Å². The molecular formula is C21H24N2O3. The van der Waals surface area contributed by atoms with Crippen molar-refractivity contribution in [2.75, 3.05) is 18.6 Å². The number of carbonyl (C=O) groups excluding carboxylic acids is 2. The van der Waals surface area contributed by atoms with E-state index in [1.807, 2.05) is 38.1 Å². The first-order chi connectivity index (χ1) is 12.5. The van der Waals surface area contributed by atoms with E-state index >= 15 is 0 Å². The van der Waals surface area contributed by atoms with Crippen LogP contribution in [0.2, 0.25) is 0 Å². The number of fused-ring (bicyclic) bond motifs is 1. The summed E-state index contributed by atoms with van der Waals surface area (Å²) in [7, 11) is 1.58. The summed E-state index contributed by atoms with van der Waals surface area (Å²) in [5.41, 5.74) is 2.62. The third-order valence-corrected chi connectivity index (χ3v) is 4.72. The second kappa shape index (κ2) is 7.60. The van der Waals surface area contributed by atoms with Crippen LogP contribution in [0.5, 0.6) is 5.75 Å². The Morgan fingerprint density at radius 2 is 1.77 bits per heavy atom. The SMILES string of the molecule is COc1ccc(C(=O)N[C@H](C(=O)N2CCc3ccccc32)C(C)C)cc1. The summed E-state index contributed by atoms with van der Waals surface area (Å²) >= 11 is 0. The number of benzene rings is 2. The minimum Gasteiger partial charge on any atom is -0.497 e. The largest absolute Gasteiger partial charge is 0.497 e. The van der Waals surface area contributed by atoms with Gasteiger partial charge in [-0.15, -0.1) is 0 Å². The third-order valence-electron chi connectivity index (χ3n) is 4.72. The monoisotopic (exact) mass is 352 g/mol. The van der Waals surface area contributed by atoms with Gasteiger partial charge >= 0.3 is 0 Å². The van der Waals surface area contributed by atoms with Gasteiger partial charge in [0, 0.05) is 17.8 Å². The molecule has 3 rings (SSSR count). The zero-order chi connectivity index (χ0) is 18.7. The maximum Gasteiger partial charge on any atom is 0.251 e. The van der Waals surface area contributed by atoms with E-state index in [1.54, 1.807) is 36.3 Å². The van der Waals surface area contributed by atoms with Crippen LogP contribution in [0.4, 0.5) is 5.69 Å². The summed E-state index contributed by atoms with van der Waals surface area (Å²) in [5, 5.41) is 2.91. The van der Waals surface area contributed by atoms with E-state index in [-0.39, 0.29) is 17.7 Å². The predicted molar refractivity (Wildman–Crippen MR) is 102 cm³/mol. The van der Waals surface area contributed by atoms with Gasteiger partial charge in [0.15, 0.2) is 0 Å². The fourth-order valence-electron chi connectivity index (χ4n) is 3.22. The third kappa shape index (κ3) is 3.57. The minimum atomic E-state index is -0.573. The summed E-state index contributed by atoms with van der Waals surface area (Å²) in [4.78, 5) is 27.5. The fourth-order valence-corrected chi connectivity index (χ4v) is 3.22. The van der Waals surface area contributed by atoms with Crippen molar-refractivity contribution in [2.24, 2.45) is 5.92 Å². The zero-order valence-electron chi connectivity index (χ0n) is 15.4. The second-order valence-electron chi connectivity index (χ2n) is 6.79. The Labute approximate surface area is 154 Å². The number of methoxy groups -OCH3 is 1. The lowest BCUT2D eigenvalue weighted by Gasteiger charge is -2.27. The molecule has 1 aliphatic rings. The molecule has 2 aromatic rings. The predicted octanol–water partition coefficient (Wildman–Crippen LogP) is 3.04. The molecule has 1 N–H and O–H groups in total. The van der Waals surface area contributed by atoms with Crippen LogP contribution in [-0.2, 0) is 11.2 Å². The summed E-state index contributed by atoms with van der Waals surface area (Å²) in [5.74, 6) is 0.350. The molecule has 1 heterocycles. The zero-order valence-corrected chi connectivity index (χ0v) is 15.4. The van der Waals surface area contributed by atoms with Gasteiger partial charge in [0.1, 0.15) is 11.8 Å². The molecule has 0 fully saturated rings. The maximum absolute atomic E-state index is 13.1. The van der Waals surface area contributed by atoms with Gasteiger partial charge in [-0.25, -0.2) is 0 Å². The van der Waals surface area contributed by atoms with E-state index in [0.29, 0.717) is 17.9 Å². The lowest BCUT2D eigenvalue weighted by Crippen LogP contribution is -2.51. The number of nitrogens with one attached hydrogen (secondary N) is 1. The van der Waals surface area contributed by atoms with Crippen molar-refractivity contribution in [3.05, 3.63) is 59.7 Å². The molecule has 26 heavy (non-hydrogen) atoms. The van der Waals surface area contributed by atoms with E-state index in [4.69, 9.17) is 4.74 Å². The van der Waals surface area contributed by atoms with E-state index in [0.717, 1.165) is 12.1 Å². The summed E-state index contributed by atoms with van der Waals surface area (Å²) < 4.78 is 5.11. The van der Waals surface area contributed by atoms with E-state index in [1.165, 1.54) is 5.56 Å². The highest BCUT2D eigenvalue weighted by Gasteiger charge is 2.32. The van der Waals surface area contributed by atoms with Crippen LogP contribution in [0.15, 0.2) is 48.5 Å². The molecule has 0 spiro atoms. The van der Waals surface area contributed by atoms with Gasteiger partial charge in [0.25, 0.3) is 5.91 Å². The van der Waals surface area contributed by atoms with Crippen LogP contribution in [-0.4, -0.2) is 31.5 Å². The molecule has 0 saturated carbocycles. The average Bonchev–Trinajstić information content (AvgIpc) is 3.09. The van der Waals surface area contributed by atoms with Crippen molar-refractivity contribution < 1.29 is 14.3 Å². The lowest BCUT2D eigenvalue weighted by atomic mass is 10.0. The van der Waals surface area contributed by atoms with E-state index < -0.39 is 6.04 Å². The second-order valence-corrected chi connectivity index (χ2v) is 6.79. The van der Waals surface area contributed by atoms with E-state index in [9.17, 15) is 9.59 Å². The van der Waals surface area contributed by atoms with Gasteiger partial charge in [0.2, 0.25) is 5.91 Å². The molecule has 136 valence electrons. The maximum atomic E-state index is 13.1. The molecule has 0 radical (unpaired) electrons. The van der Waals surface area contributed by atoms with Gasteiger partial charge in [-0.3, -0.25) is 9.59 Å². The van der Waals surface area contributed by atoms with Crippen LogP contribution < -0.4 is 15.0 Å². The Morgan fingerprint density at radius 1 is 1.08 bits per heavy atom. The molecule has 1 aliphatic heterocycles. The molecule has 0 aliphatic carbocycles. The van der Waals surface area contributed by atoms with Crippen LogP contribution in [0.1, 0.15) is 29.8 Å². The smallest absolute Gasteiger partial charge is 0.251 e. The van der Waals surface area contributed by atoms with Crippen molar-refractivity contribution >= 4 is 17.5 Å². The number of para-hydroxylation sites is 1. The highest BCUT2D eigenvalue weighted by atomic mass is 16.5. The quantitative estimate of drug-likeness (QED) is 0.900. The number of nitrogens with zero attached hydrogens (tertiary/aromatic N) is 1. The number of anilines is 1. The molecule has 5 nitrogen and oxygen atoms in total. The Hall–Kier alpha value is -2.82. The van der Waals surface area contributed by atoms with Gasteiger partial charge in [0.05, 0.1) is 7.11 Å². The summed E-state index contributed by atoms with van der Waals surface area (Å²) in [6.45, 7) is 4.54. The first-order valence-electron chi connectivity index (χ1n) is 8.85. The Balaban J connectivity index is 1.76. The fraction of sp³-hybridized carbons (Fsp3) is 0.333. The summed E-state index contributed by atoms with van der Waals surface area (Å²) in [6.07, 6.45) is 0.846. The van der Waals surface area contributed by atoms with Crippen molar-refractivity contribution in [2.45, 2.75) is 26.3 Å².